The average molecular weight is 259 g/mol. The predicted molar refractivity (Wildman–Crippen MR) is 70.1 cm³/mol. The Kier molecular flexibility index (Phi) is 4.60. The van der Waals surface area contributed by atoms with Crippen LogP contribution in [0.4, 0.5) is 0 Å². The van der Waals surface area contributed by atoms with Crippen LogP contribution in [0.2, 0.25) is 0 Å². The molecule has 1 unspecified atom stereocenters. The summed E-state index contributed by atoms with van der Waals surface area (Å²) in [5.74, 6) is 0.434. The number of hydrogen-bond donors (Lipinski definition) is 2. The second-order valence-corrected chi connectivity index (χ2v) is 4.32. The molecular weight excluding hydrogens is 242 g/mol. The van der Waals surface area contributed by atoms with Crippen LogP contribution in [-0.4, -0.2) is 26.5 Å². The Morgan fingerprint density at radius 3 is 2.79 bits per heavy atom. The minimum Gasteiger partial charge on any atom is -0.348 e. The maximum atomic E-state index is 12.2. The van der Waals surface area contributed by atoms with Crippen LogP contribution in [0.3, 0.4) is 0 Å². The number of carbonyl (C=O) groups is 1. The Labute approximate surface area is 111 Å². The largest absolute Gasteiger partial charge is 0.348 e. The minimum absolute atomic E-state index is 0.00412. The molecule has 6 nitrogen and oxygen atoms in total. The highest BCUT2D eigenvalue weighted by Gasteiger charge is 2.19. The van der Waals surface area contributed by atoms with E-state index in [1.165, 1.54) is 0 Å². The van der Waals surface area contributed by atoms with Crippen molar-refractivity contribution in [2.75, 3.05) is 0 Å². The van der Waals surface area contributed by atoms with Crippen LogP contribution < -0.4 is 5.32 Å². The SMILES string of the molecule is CCCC(C(=O)NCc1nnn[nH]1)c1ccccc1. The van der Waals surface area contributed by atoms with E-state index in [-0.39, 0.29) is 11.8 Å². The van der Waals surface area contributed by atoms with Gasteiger partial charge in [-0.05, 0) is 22.4 Å². The summed E-state index contributed by atoms with van der Waals surface area (Å²) < 4.78 is 0. The Hall–Kier alpha value is -2.24. The first-order valence-electron chi connectivity index (χ1n) is 6.36. The molecule has 6 heteroatoms. The van der Waals surface area contributed by atoms with Crippen LogP contribution >= 0.6 is 0 Å². The van der Waals surface area contributed by atoms with Crippen molar-refractivity contribution in [2.45, 2.75) is 32.2 Å². The van der Waals surface area contributed by atoms with Gasteiger partial charge in [0.2, 0.25) is 5.91 Å². The van der Waals surface area contributed by atoms with Crippen molar-refractivity contribution in [1.29, 1.82) is 0 Å². The predicted octanol–water partition coefficient (Wildman–Crippen LogP) is 1.40. The van der Waals surface area contributed by atoms with Crippen LogP contribution in [0.15, 0.2) is 30.3 Å². The molecule has 0 spiro atoms. The van der Waals surface area contributed by atoms with Gasteiger partial charge in [0.15, 0.2) is 5.82 Å². The van der Waals surface area contributed by atoms with Crippen LogP contribution in [0.1, 0.15) is 37.1 Å². The van der Waals surface area contributed by atoms with E-state index in [0.717, 1.165) is 18.4 Å². The van der Waals surface area contributed by atoms with Crippen molar-refractivity contribution < 1.29 is 4.79 Å². The molecule has 0 radical (unpaired) electrons. The van der Waals surface area contributed by atoms with E-state index in [1.807, 2.05) is 30.3 Å². The van der Waals surface area contributed by atoms with E-state index in [4.69, 9.17) is 0 Å². The van der Waals surface area contributed by atoms with Gasteiger partial charge in [-0.3, -0.25) is 4.79 Å². The summed E-state index contributed by atoms with van der Waals surface area (Å²) >= 11 is 0. The molecule has 0 saturated heterocycles. The summed E-state index contributed by atoms with van der Waals surface area (Å²) in [6, 6.07) is 9.81. The van der Waals surface area contributed by atoms with Gasteiger partial charge >= 0.3 is 0 Å². The van der Waals surface area contributed by atoms with Crippen molar-refractivity contribution in [3.05, 3.63) is 41.7 Å². The Bertz CT molecular complexity index is 497. The highest BCUT2D eigenvalue weighted by molar-refractivity contribution is 5.83. The number of nitrogens with zero attached hydrogens (tertiary/aromatic N) is 3. The molecule has 1 amide bonds. The summed E-state index contributed by atoms with van der Waals surface area (Å²) in [4.78, 5) is 12.2. The maximum Gasteiger partial charge on any atom is 0.227 e. The van der Waals surface area contributed by atoms with Crippen molar-refractivity contribution in [1.82, 2.24) is 25.9 Å². The zero-order valence-electron chi connectivity index (χ0n) is 10.8. The minimum atomic E-state index is -0.123. The molecule has 19 heavy (non-hydrogen) atoms. The molecule has 0 aliphatic heterocycles. The molecule has 0 aliphatic carbocycles. The second-order valence-electron chi connectivity index (χ2n) is 4.32. The number of hydrogen-bond acceptors (Lipinski definition) is 4. The van der Waals surface area contributed by atoms with E-state index in [9.17, 15) is 4.79 Å². The number of aromatic amines is 1. The molecular formula is C13H17N5O. The monoisotopic (exact) mass is 259 g/mol. The molecule has 0 bridgehead atoms. The van der Waals surface area contributed by atoms with Crippen molar-refractivity contribution in [2.24, 2.45) is 0 Å². The number of aromatic nitrogens is 4. The van der Waals surface area contributed by atoms with Crippen LogP contribution in [-0.2, 0) is 11.3 Å². The average Bonchev–Trinajstić information content (AvgIpc) is 2.96. The summed E-state index contributed by atoms with van der Waals surface area (Å²) in [7, 11) is 0. The topological polar surface area (TPSA) is 83.6 Å². The van der Waals surface area contributed by atoms with Gasteiger partial charge in [0, 0.05) is 0 Å². The van der Waals surface area contributed by atoms with Gasteiger partial charge in [0.05, 0.1) is 12.5 Å². The molecule has 1 heterocycles. The molecule has 0 aliphatic rings. The number of benzene rings is 1. The molecule has 2 N–H and O–H groups in total. The van der Waals surface area contributed by atoms with Gasteiger partial charge in [0.25, 0.3) is 0 Å². The molecule has 1 aromatic carbocycles. The van der Waals surface area contributed by atoms with Crippen molar-refractivity contribution in [3.63, 3.8) is 0 Å². The normalized spacial score (nSPS) is 12.1. The quantitative estimate of drug-likeness (QED) is 0.821. The molecule has 0 fully saturated rings. The lowest BCUT2D eigenvalue weighted by Crippen LogP contribution is -2.29. The van der Waals surface area contributed by atoms with Gasteiger partial charge in [-0.1, -0.05) is 43.7 Å². The fourth-order valence-corrected chi connectivity index (χ4v) is 1.97. The first-order valence-corrected chi connectivity index (χ1v) is 6.36. The number of nitrogens with one attached hydrogen (secondary N) is 2. The number of carbonyl (C=O) groups excluding carboxylic acids is 1. The Balaban J connectivity index is 2.00. The highest BCUT2D eigenvalue weighted by atomic mass is 16.1. The zero-order chi connectivity index (χ0) is 13.5. The van der Waals surface area contributed by atoms with Gasteiger partial charge in [-0.2, -0.15) is 0 Å². The molecule has 0 saturated carbocycles. The third-order valence-electron chi connectivity index (χ3n) is 2.92. The number of amides is 1. The second kappa shape index (κ2) is 6.63. The summed E-state index contributed by atoms with van der Waals surface area (Å²) in [5, 5.41) is 16.1. The zero-order valence-corrected chi connectivity index (χ0v) is 10.8. The van der Waals surface area contributed by atoms with E-state index in [0.29, 0.717) is 12.4 Å². The lowest BCUT2D eigenvalue weighted by molar-refractivity contribution is -0.122. The smallest absolute Gasteiger partial charge is 0.227 e. The highest BCUT2D eigenvalue weighted by Crippen LogP contribution is 2.21. The summed E-state index contributed by atoms with van der Waals surface area (Å²) in [6.45, 7) is 2.39. The molecule has 1 aromatic heterocycles. The number of tetrazole rings is 1. The third-order valence-corrected chi connectivity index (χ3v) is 2.92. The van der Waals surface area contributed by atoms with E-state index >= 15 is 0 Å². The maximum absolute atomic E-state index is 12.2. The Morgan fingerprint density at radius 2 is 2.16 bits per heavy atom. The van der Waals surface area contributed by atoms with Crippen molar-refractivity contribution in [3.8, 4) is 0 Å². The Morgan fingerprint density at radius 1 is 1.37 bits per heavy atom. The van der Waals surface area contributed by atoms with Crippen LogP contribution in [0.5, 0.6) is 0 Å². The van der Waals surface area contributed by atoms with Crippen LogP contribution in [0, 0.1) is 0 Å². The lowest BCUT2D eigenvalue weighted by atomic mass is 9.94. The first kappa shape index (κ1) is 13.2. The van der Waals surface area contributed by atoms with Gasteiger partial charge in [0.1, 0.15) is 0 Å². The standard InChI is InChI=1S/C13H17N5O/c1-2-6-11(10-7-4-3-5-8-10)13(19)14-9-12-15-17-18-16-12/h3-5,7-8,11H,2,6,9H2,1H3,(H,14,19)(H,15,16,17,18). The van der Waals surface area contributed by atoms with Gasteiger partial charge in [-0.15, -0.1) is 5.10 Å². The molecule has 100 valence electrons. The number of rotatable bonds is 6. The fourth-order valence-electron chi connectivity index (χ4n) is 1.97. The van der Waals surface area contributed by atoms with E-state index in [2.05, 4.69) is 32.9 Å². The van der Waals surface area contributed by atoms with Crippen LogP contribution in [0.25, 0.3) is 0 Å². The molecule has 2 aromatic rings. The first-order chi connectivity index (χ1) is 9.31. The van der Waals surface area contributed by atoms with E-state index in [1.54, 1.807) is 0 Å². The van der Waals surface area contributed by atoms with E-state index < -0.39 is 0 Å². The molecule has 2 rings (SSSR count). The lowest BCUT2D eigenvalue weighted by Gasteiger charge is -2.15. The fraction of sp³-hybridized carbons (Fsp3) is 0.385. The number of H-pyrrole nitrogens is 1. The van der Waals surface area contributed by atoms with Crippen molar-refractivity contribution >= 4 is 5.91 Å². The summed E-state index contributed by atoms with van der Waals surface area (Å²) in [6.07, 6.45) is 1.78. The van der Waals surface area contributed by atoms with Gasteiger partial charge in [-0.25, -0.2) is 5.10 Å². The molecule has 1 atom stereocenters. The van der Waals surface area contributed by atoms with Gasteiger partial charge < -0.3 is 5.32 Å². The third kappa shape index (κ3) is 3.61. The summed E-state index contributed by atoms with van der Waals surface area (Å²) in [5.41, 5.74) is 1.04.